The average Bonchev–Trinajstić information content (AvgIpc) is 3.36. The molecular weight excluding hydrogens is 468 g/mol. The van der Waals surface area contributed by atoms with Gasteiger partial charge in [0.25, 0.3) is 17.7 Å². The molecule has 1 atom stereocenters. The third-order valence-electron chi connectivity index (χ3n) is 5.08. The molecule has 8 nitrogen and oxygen atoms in total. The zero-order chi connectivity index (χ0) is 22.0. The maximum atomic E-state index is 12.7. The molecule has 0 radical (unpaired) electrons. The summed E-state index contributed by atoms with van der Waals surface area (Å²) in [6, 6.07) is 11.1. The summed E-state index contributed by atoms with van der Waals surface area (Å²) in [4.78, 5) is 50.8. The summed E-state index contributed by atoms with van der Waals surface area (Å²) in [6.07, 6.45) is 1.54. The zero-order valence-electron chi connectivity index (χ0n) is 16.4. The number of ether oxygens (including phenoxy) is 2. The van der Waals surface area contributed by atoms with Crippen molar-refractivity contribution in [3.05, 3.63) is 63.6 Å². The van der Waals surface area contributed by atoms with Crippen LogP contribution in [0.4, 0.5) is 5.69 Å². The van der Waals surface area contributed by atoms with E-state index in [9.17, 15) is 19.2 Å². The summed E-state index contributed by atoms with van der Waals surface area (Å²) in [5, 5.41) is 2.62. The van der Waals surface area contributed by atoms with E-state index in [1.54, 1.807) is 24.3 Å². The van der Waals surface area contributed by atoms with Gasteiger partial charge in [0.2, 0.25) is 0 Å². The standard InChI is InChI=1S/C22H19BrN2O6/c23-14-4-6-15(7-5-14)24-19(26)12-31-22(29)13-3-8-17-18(10-13)21(28)25(20(17)27)11-16-2-1-9-30-16/h3-8,10,16H,1-2,9,11-12H2,(H,24,26)/t16-/m1/s1. The van der Waals surface area contributed by atoms with Crippen LogP contribution in [0.25, 0.3) is 0 Å². The normalized spacial score (nSPS) is 17.6. The highest BCUT2D eigenvalue weighted by molar-refractivity contribution is 9.10. The molecule has 3 amide bonds. The molecule has 2 aromatic carbocycles. The largest absolute Gasteiger partial charge is 0.452 e. The van der Waals surface area contributed by atoms with Crippen molar-refractivity contribution < 1.29 is 28.7 Å². The Morgan fingerprint density at radius 2 is 1.84 bits per heavy atom. The quantitative estimate of drug-likeness (QED) is 0.497. The number of halogens is 1. The lowest BCUT2D eigenvalue weighted by Gasteiger charge is -2.17. The lowest BCUT2D eigenvalue weighted by Crippen LogP contribution is -2.36. The minimum atomic E-state index is -0.758. The van der Waals surface area contributed by atoms with Gasteiger partial charge in [0.05, 0.1) is 29.3 Å². The lowest BCUT2D eigenvalue weighted by atomic mass is 10.1. The van der Waals surface area contributed by atoms with E-state index in [-0.39, 0.29) is 29.3 Å². The Kier molecular flexibility index (Phi) is 6.15. The van der Waals surface area contributed by atoms with Gasteiger partial charge in [-0.3, -0.25) is 19.3 Å². The van der Waals surface area contributed by atoms with Gasteiger partial charge in [-0.05, 0) is 55.3 Å². The van der Waals surface area contributed by atoms with Gasteiger partial charge in [0.1, 0.15) is 0 Å². The Morgan fingerprint density at radius 1 is 1.10 bits per heavy atom. The highest BCUT2D eigenvalue weighted by atomic mass is 79.9. The number of benzene rings is 2. The van der Waals surface area contributed by atoms with Gasteiger partial charge in [-0.15, -0.1) is 0 Å². The monoisotopic (exact) mass is 486 g/mol. The van der Waals surface area contributed by atoms with Crippen molar-refractivity contribution in [3.63, 3.8) is 0 Å². The number of amides is 3. The van der Waals surface area contributed by atoms with Crippen LogP contribution in [0.15, 0.2) is 46.9 Å². The Hall–Kier alpha value is -3.04. The van der Waals surface area contributed by atoms with Gasteiger partial charge >= 0.3 is 5.97 Å². The van der Waals surface area contributed by atoms with Crippen LogP contribution in [0.2, 0.25) is 0 Å². The minimum Gasteiger partial charge on any atom is -0.452 e. The third-order valence-corrected chi connectivity index (χ3v) is 5.61. The molecule has 2 aliphatic heterocycles. The lowest BCUT2D eigenvalue weighted by molar-refractivity contribution is -0.119. The topological polar surface area (TPSA) is 102 Å². The number of nitrogens with one attached hydrogen (secondary N) is 1. The fourth-order valence-electron chi connectivity index (χ4n) is 3.52. The molecule has 0 unspecified atom stereocenters. The summed E-state index contributed by atoms with van der Waals surface area (Å²) in [5.74, 6) is -2.11. The van der Waals surface area contributed by atoms with Crippen molar-refractivity contribution in [2.75, 3.05) is 25.1 Å². The Labute approximate surface area is 186 Å². The first-order chi connectivity index (χ1) is 14.9. The molecule has 2 aromatic rings. The molecule has 4 rings (SSSR count). The predicted octanol–water partition coefficient (Wildman–Crippen LogP) is 3.02. The van der Waals surface area contributed by atoms with E-state index in [2.05, 4.69) is 21.2 Å². The van der Waals surface area contributed by atoms with Crippen LogP contribution in [-0.4, -0.2) is 54.5 Å². The smallest absolute Gasteiger partial charge is 0.338 e. The van der Waals surface area contributed by atoms with E-state index in [1.807, 2.05) is 0 Å². The second kappa shape index (κ2) is 8.99. The van der Waals surface area contributed by atoms with E-state index >= 15 is 0 Å². The van der Waals surface area contributed by atoms with Crippen molar-refractivity contribution in [2.45, 2.75) is 18.9 Å². The molecule has 160 valence electrons. The highest BCUT2D eigenvalue weighted by Gasteiger charge is 2.38. The van der Waals surface area contributed by atoms with Gasteiger partial charge in [0, 0.05) is 16.8 Å². The molecule has 31 heavy (non-hydrogen) atoms. The summed E-state index contributed by atoms with van der Waals surface area (Å²) in [6.45, 7) is 0.339. The van der Waals surface area contributed by atoms with Crippen LogP contribution in [0, 0.1) is 0 Å². The molecule has 1 N–H and O–H groups in total. The van der Waals surface area contributed by atoms with Crippen molar-refractivity contribution in [3.8, 4) is 0 Å². The molecule has 1 saturated heterocycles. The molecule has 2 aliphatic rings. The summed E-state index contributed by atoms with van der Waals surface area (Å²) < 4.78 is 11.4. The number of hydrogen-bond acceptors (Lipinski definition) is 6. The Bertz CT molecular complexity index is 1050. The van der Waals surface area contributed by atoms with Crippen molar-refractivity contribution in [1.29, 1.82) is 0 Å². The first kappa shape index (κ1) is 21.2. The number of anilines is 1. The molecule has 0 aliphatic carbocycles. The molecule has 0 bridgehead atoms. The number of esters is 1. The number of hydrogen-bond donors (Lipinski definition) is 1. The summed E-state index contributed by atoms with van der Waals surface area (Å²) >= 11 is 3.31. The maximum absolute atomic E-state index is 12.7. The van der Waals surface area contributed by atoms with Crippen molar-refractivity contribution in [1.82, 2.24) is 4.90 Å². The van der Waals surface area contributed by atoms with Gasteiger partial charge < -0.3 is 14.8 Å². The number of fused-ring (bicyclic) bond motifs is 1. The Morgan fingerprint density at radius 3 is 2.55 bits per heavy atom. The van der Waals surface area contributed by atoms with Crippen molar-refractivity contribution >= 4 is 45.3 Å². The number of carbonyl (C=O) groups is 4. The van der Waals surface area contributed by atoms with Crippen molar-refractivity contribution in [2.24, 2.45) is 0 Å². The molecule has 0 saturated carbocycles. The van der Waals surface area contributed by atoms with E-state index in [0.717, 1.165) is 22.2 Å². The summed E-state index contributed by atoms with van der Waals surface area (Å²) in [5.41, 5.74) is 1.05. The molecule has 9 heteroatoms. The molecule has 0 spiro atoms. The predicted molar refractivity (Wildman–Crippen MR) is 114 cm³/mol. The molecular formula is C22H19BrN2O6. The first-order valence-electron chi connectivity index (χ1n) is 9.77. The second-order valence-electron chi connectivity index (χ2n) is 7.25. The zero-order valence-corrected chi connectivity index (χ0v) is 18.0. The third kappa shape index (κ3) is 4.67. The minimum absolute atomic E-state index is 0.0929. The van der Waals surface area contributed by atoms with Crippen LogP contribution < -0.4 is 5.32 Å². The number of carbonyl (C=O) groups excluding carboxylic acids is 4. The Balaban J connectivity index is 1.37. The van der Waals surface area contributed by atoms with Crippen LogP contribution in [0.3, 0.4) is 0 Å². The first-order valence-corrected chi connectivity index (χ1v) is 10.6. The van der Waals surface area contributed by atoms with E-state index < -0.39 is 30.3 Å². The van der Waals surface area contributed by atoms with E-state index in [4.69, 9.17) is 9.47 Å². The van der Waals surface area contributed by atoms with Crippen LogP contribution in [0.1, 0.15) is 43.9 Å². The number of nitrogens with zero attached hydrogens (tertiary/aromatic N) is 1. The molecule has 0 aromatic heterocycles. The van der Waals surface area contributed by atoms with Gasteiger partial charge in [-0.1, -0.05) is 15.9 Å². The van der Waals surface area contributed by atoms with E-state index in [1.165, 1.54) is 18.2 Å². The van der Waals surface area contributed by atoms with Crippen LogP contribution in [-0.2, 0) is 14.3 Å². The van der Waals surface area contributed by atoms with Gasteiger partial charge in [-0.2, -0.15) is 0 Å². The SMILES string of the molecule is O=C(COC(=O)c1ccc2c(c1)C(=O)N(C[C@H]1CCCO1)C2=O)Nc1ccc(Br)cc1. The van der Waals surface area contributed by atoms with Gasteiger partial charge in [0.15, 0.2) is 6.61 Å². The fourth-order valence-corrected chi connectivity index (χ4v) is 3.78. The van der Waals surface area contributed by atoms with Gasteiger partial charge in [-0.25, -0.2) is 4.79 Å². The number of imide groups is 1. The molecule has 1 fully saturated rings. The second-order valence-corrected chi connectivity index (χ2v) is 8.16. The van der Waals surface area contributed by atoms with E-state index in [0.29, 0.717) is 12.3 Å². The highest BCUT2D eigenvalue weighted by Crippen LogP contribution is 2.26. The average molecular weight is 487 g/mol. The fraction of sp³-hybridized carbons (Fsp3) is 0.273. The number of rotatable bonds is 6. The van der Waals surface area contributed by atoms with Crippen LogP contribution in [0.5, 0.6) is 0 Å². The molecule has 2 heterocycles. The van der Waals surface area contributed by atoms with Crippen LogP contribution >= 0.6 is 15.9 Å². The maximum Gasteiger partial charge on any atom is 0.338 e. The summed E-state index contributed by atoms with van der Waals surface area (Å²) in [7, 11) is 0.